The van der Waals surface area contributed by atoms with Crippen LogP contribution in [0, 0.1) is 5.82 Å². The van der Waals surface area contributed by atoms with Gasteiger partial charge in [-0.1, -0.05) is 0 Å². The highest BCUT2D eigenvalue weighted by atomic mass is 19.1. The Morgan fingerprint density at radius 1 is 1.16 bits per heavy atom. The van der Waals surface area contributed by atoms with E-state index < -0.39 is 0 Å². The molecule has 1 N–H and O–H groups in total. The van der Waals surface area contributed by atoms with E-state index in [1.54, 1.807) is 26.2 Å². The highest BCUT2D eigenvalue weighted by Crippen LogP contribution is 2.45. The van der Waals surface area contributed by atoms with Crippen LogP contribution in [-0.4, -0.2) is 60.6 Å². The number of hydrogen-bond acceptors (Lipinski definition) is 4. The minimum Gasteiger partial charge on any atom is -0.497 e. The smallest absolute Gasteiger partial charge is 0.220 e. The van der Waals surface area contributed by atoms with Crippen molar-refractivity contribution in [2.45, 2.75) is 25.3 Å². The van der Waals surface area contributed by atoms with Crippen LogP contribution in [0.2, 0.25) is 0 Å². The molecular formula is C25H28FN3O3. The maximum absolute atomic E-state index is 13.1. The molecule has 32 heavy (non-hydrogen) atoms. The molecule has 6 nitrogen and oxygen atoms in total. The van der Waals surface area contributed by atoms with Gasteiger partial charge >= 0.3 is 0 Å². The Hall–Kier alpha value is -3.06. The van der Waals surface area contributed by atoms with E-state index >= 15 is 0 Å². The number of benzene rings is 2. The predicted molar refractivity (Wildman–Crippen MR) is 121 cm³/mol. The van der Waals surface area contributed by atoms with Crippen molar-refractivity contribution >= 4 is 16.8 Å². The zero-order valence-electron chi connectivity index (χ0n) is 18.5. The Balaban J connectivity index is 1.39. The summed E-state index contributed by atoms with van der Waals surface area (Å²) in [6.07, 6.45) is 1.71. The number of hydrogen-bond donors (Lipinski definition) is 1. The van der Waals surface area contributed by atoms with Gasteiger partial charge < -0.3 is 19.4 Å². The molecule has 0 saturated carbocycles. The molecule has 0 radical (unpaired) electrons. The molecule has 1 amide bonds. The van der Waals surface area contributed by atoms with Gasteiger partial charge in [-0.3, -0.25) is 9.69 Å². The first-order valence-electron chi connectivity index (χ1n) is 11.1. The Kier molecular flexibility index (Phi) is 5.29. The largest absolute Gasteiger partial charge is 0.497 e. The van der Waals surface area contributed by atoms with Crippen LogP contribution in [0.1, 0.15) is 24.6 Å². The summed E-state index contributed by atoms with van der Waals surface area (Å²) >= 11 is 0. The average molecular weight is 438 g/mol. The summed E-state index contributed by atoms with van der Waals surface area (Å²) in [5.41, 5.74) is 3.17. The zero-order valence-corrected chi connectivity index (χ0v) is 18.5. The number of carbonyl (C=O) groups excluding carboxylic acids is 1. The normalized spacial score (nSPS) is 20.7. The number of likely N-dealkylation sites (tertiary alicyclic amines) is 1. The highest BCUT2D eigenvalue weighted by Gasteiger charge is 2.50. The molecular weight excluding hydrogens is 409 g/mol. The van der Waals surface area contributed by atoms with Crippen molar-refractivity contribution in [3.05, 3.63) is 59.5 Å². The molecule has 1 atom stereocenters. The molecule has 1 fully saturated rings. The van der Waals surface area contributed by atoms with Crippen molar-refractivity contribution in [2.24, 2.45) is 0 Å². The molecule has 0 aliphatic carbocycles. The molecule has 3 aromatic rings. The van der Waals surface area contributed by atoms with Gasteiger partial charge in [0.25, 0.3) is 0 Å². The number of aromatic nitrogens is 1. The van der Waals surface area contributed by atoms with Crippen LogP contribution in [0.15, 0.2) is 42.5 Å². The first kappa shape index (κ1) is 20.8. The fourth-order valence-electron chi connectivity index (χ4n) is 5.35. The van der Waals surface area contributed by atoms with E-state index in [9.17, 15) is 9.18 Å². The minimum atomic E-state index is -0.360. The summed E-state index contributed by atoms with van der Waals surface area (Å²) in [5, 5.41) is 1.18. The molecule has 1 aromatic heterocycles. The molecule has 2 aromatic carbocycles. The lowest BCUT2D eigenvalue weighted by Gasteiger charge is -2.44. The maximum Gasteiger partial charge on any atom is 0.220 e. The Labute approximate surface area is 186 Å². The van der Waals surface area contributed by atoms with Crippen molar-refractivity contribution in [3.63, 3.8) is 0 Å². The monoisotopic (exact) mass is 437 g/mol. The van der Waals surface area contributed by atoms with E-state index in [2.05, 4.69) is 22.0 Å². The lowest BCUT2D eigenvalue weighted by atomic mass is 9.84. The van der Waals surface area contributed by atoms with Gasteiger partial charge in [0.15, 0.2) is 0 Å². The van der Waals surface area contributed by atoms with Gasteiger partial charge in [0.1, 0.15) is 23.9 Å². The van der Waals surface area contributed by atoms with Gasteiger partial charge in [0.2, 0.25) is 5.91 Å². The molecule has 7 heteroatoms. The summed E-state index contributed by atoms with van der Waals surface area (Å²) in [5.74, 6) is 1.34. The molecule has 168 valence electrons. The van der Waals surface area contributed by atoms with Gasteiger partial charge in [0, 0.05) is 49.7 Å². The molecule has 0 bridgehead atoms. The summed E-state index contributed by atoms with van der Waals surface area (Å²) in [7, 11) is 1.68. The third kappa shape index (κ3) is 3.50. The Bertz CT molecular complexity index is 1140. The second-order valence-electron chi connectivity index (χ2n) is 8.67. The molecule has 1 spiro atoms. The second-order valence-corrected chi connectivity index (χ2v) is 8.67. The SMILES string of the molecule is COc1ccc2[nH]c3c(c2c1)CCN(C(C)=O)C31CCN(CCOc2ccc(F)cc2)C1. The zero-order chi connectivity index (χ0) is 22.3. The van der Waals surface area contributed by atoms with E-state index in [4.69, 9.17) is 9.47 Å². The molecule has 2 aliphatic rings. The number of carbonyl (C=O) groups is 1. The average Bonchev–Trinajstić information content (AvgIpc) is 3.37. The number of nitrogens with one attached hydrogen (secondary N) is 1. The van der Waals surface area contributed by atoms with Crippen LogP contribution < -0.4 is 9.47 Å². The van der Waals surface area contributed by atoms with Crippen molar-refractivity contribution in [1.29, 1.82) is 0 Å². The Morgan fingerprint density at radius 3 is 2.69 bits per heavy atom. The van der Waals surface area contributed by atoms with Gasteiger partial charge in [0.05, 0.1) is 12.6 Å². The molecule has 1 saturated heterocycles. The van der Waals surface area contributed by atoms with Crippen molar-refractivity contribution in [3.8, 4) is 11.5 Å². The minimum absolute atomic E-state index is 0.108. The number of H-pyrrole nitrogens is 1. The second kappa shape index (κ2) is 8.13. The van der Waals surface area contributed by atoms with E-state index in [1.165, 1.54) is 23.1 Å². The topological polar surface area (TPSA) is 57.8 Å². The third-order valence-corrected chi connectivity index (χ3v) is 6.88. The van der Waals surface area contributed by atoms with Crippen molar-refractivity contribution < 1.29 is 18.7 Å². The number of aromatic amines is 1. The summed E-state index contributed by atoms with van der Waals surface area (Å²) in [4.78, 5) is 20.7. The quantitative estimate of drug-likeness (QED) is 0.661. The van der Waals surface area contributed by atoms with Gasteiger partial charge in [-0.15, -0.1) is 0 Å². The van der Waals surface area contributed by atoms with E-state index in [1.807, 2.05) is 11.0 Å². The molecule has 5 rings (SSSR count). The summed E-state index contributed by atoms with van der Waals surface area (Å²) in [6.45, 7) is 5.28. The number of nitrogens with zero attached hydrogens (tertiary/aromatic N) is 2. The standard InChI is InChI=1S/C25H28FN3O3/c1-17(30)29-11-9-21-22-15-20(31-2)7-8-23(22)27-24(21)25(29)10-12-28(16-25)13-14-32-19-5-3-18(26)4-6-19/h3-8,15,27H,9-14,16H2,1-2H3. The summed E-state index contributed by atoms with van der Waals surface area (Å²) in [6, 6.07) is 12.2. The van der Waals surface area contributed by atoms with Crippen LogP contribution in [0.5, 0.6) is 11.5 Å². The lowest BCUT2D eigenvalue weighted by Crippen LogP contribution is -2.54. The van der Waals surface area contributed by atoms with Crippen LogP contribution in [0.3, 0.4) is 0 Å². The fraction of sp³-hybridized carbons (Fsp3) is 0.400. The van der Waals surface area contributed by atoms with Crippen molar-refractivity contribution in [2.75, 3.05) is 39.9 Å². The lowest BCUT2D eigenvalue weighted by molar-refractivity contribution is -0.136. The molecule has 1 unspecified atom stereocenters. The van der Waals surface area contributed by atoms with Crippen LogP contribution in [0.25, 0.3) is 10.9 Å². The molecule has 2 aliphatic heterocycles. The third-order valence-electron chi connectivity index (χ3n) is 6.88. The van der Waals surface area contributed by atoms with Crippen LogP contribution in [-0.2, 0) is 16.8 Å². The van der Waals surface area contributed by atoms with E-state index in [0.717, 1.165) is 49.4 Å². The van der Waals surface area contributed by atoms with Crippen molar-refractivity contribution in [1.82, 2.24) is 14.8 Å². The number of halogens is 1. The number of amides is 1. The number of ether oxygens (including phenoxy) is 2. The number of methoxy groups -OCH3 is 1. The van der Waals surface area contributed by atoms with Gasteiger partial charge in [-0.05, 0) is 60.9 Å². The van der Waals surface area contributed by atoms with Gasteiger partial charge in [-0.25, -0.2) is 4.39 Å². The first-order valence-corrected chi connectivity index (χ1v) is 11.1. The van der Waals surface area contributed by atoms with Crippen LogP contribution in [0.4, 0.5) is 4.39 Å². The maximum atomic E-state index is 13.1. The molecule has 3 heterocycles. The first-order chi connectivity index (χ1) is 15.5. The van der Waals surface area contributed by atoms with Crippen LogP contribution >= 0.6 is 0 Å². The number of rotatable bonds is 5. The number of fused-ring (bicyclic) bond motifs is 4. The summed E-state index contributed by atoms with van der Waals surface area (Å²) < 4.78 is 24.3. The highest BCUT2D eigenvalue weighted by molar-refractivity contribution is 5.87. The van der Waals surface area contributed by atoms with Gasteiger partial charge in [-0.2, -0.15) is 0 Å². The predicted octanol–water partition coefficient (Wildman–Crippen LogP) is 3.70. The van der Waals surface area contributed by atoms with E-state index in [0.29, 0.717) is 18.9 Å². The van der Waals surface area contributed by atoms with E-state index in [-0.39, 0.29) is 17.3 Å². The fourth-order valence-corrected chi connectivity index (χ4v) is 5.35. The Morgan fingerprint density at radius 2 is 1.94 bits per heavy atom.